The first kappa shape index (κ1) is 42.7. The van der Waals surface area contributed by atoms with Crippen LogP contribution in [0.2, 0.25) is 0 Å². The van der Waals surface area contributed by atoms with Crippen LogP contribution in [0.3, 0.4) is 0 Å². The molecule has 0 aromatic carbocycles. The molecule has 0 saturated carbocycles. The van der Waals surface area contributed by atoms with Crippen LogP contribution in [0.5, 0.6) is 0 Å². The van der Waals surface area contributed by atoms with E-state index in [1.807, 2.05) is 13.8 Å². The minimum absolute atomic E-state index is 0. The largest absolute Gasteiger partial charge is 0.269 e. The Morgan fingerprint density at radius 2 is 0.750 bits per heavy atom. The van der Waals surface area contributed by atoms with Gasteiger partial charge < -0.3 is 0 Å². The average molecular weight is 70.1 g/mol. The van der Waals surface area contributed by atoms with Crippen molar-refractivity contribution in [2.24, 2.45) is 0 Å². The molecule has 0 nitrogen and oxygen atoms in total. The molecule has 2 heteroatoms. The molecule has 30 valence electrons. The minimum Gasteiger partial charge on any atom is -0.269 e. The Hall–Kier alpha value is -0.140. The minimum atomic E-state index is 0. The normalized spacial score (nSPS) is 1.50. The summed E-state index contributed by atoms with van der Waals surface area (Å²) in [5, 5.41) is 0. The molecule has 0 fully saturated rings. The van der Waals surface area contributed by atoms with Crippen molar-refractivity contribution in [1.82, 2.24) is 0 Å². The Morgan fingerprint density at radius 3 is 0.750 bits per heavy atom. The van der Waals surface area contributed by atoms with E-state index in [4.69, 9.17) is 0 Å². The van der Waals surface area contributed by atoms with Crippen LogP contribution in [0, 0.1) is 0 Å². The molecule has 0 aromatic rings. The predicted octanol–water partition coefficient (Wildman–Crippen LogP) is 1.33. The second-order valence-corrected chi connectivity index (χ2v) is 0. The molecule has 0 spiro atoms. The summed E-state index contributed by atoms with van der Waals surface area (Å²) in [7, 11) is 0. The van der Waals surface area contributed by atoms with Gasteiger partial charge in [-0.15, -0.1) is 0 Å². The third-order valence-corrected chi connectivity index (χ3v) is 0. The van der Waals surface area contributed by atoms with Gasteiger partial charge in [0.1, 0.15) is 0 Å². The van der Waals surface area contributed by atoms with Crippen LogP contribution in [0.1, 0.15) is 13.8 Å². The fourth-order valence-corrected chi connectivity index (χ4v) is 0. The summed E-state index contributed by atoms with van der Waals surface area (Å²) in [6.45, 7) is 4.00. The molecular formula is C2H8F2. The molecule has 0 unspecified atom stereocenters. The maximum Gasteiger partial charge on any atom is -0.0683 e. The first-order valence-electron chi connectivity index (χ1n) is 1.00. The van der Waals surface area contributed by atoms with Crippen molar-refractivity contribution in [2.75, 3.05) is 0 Å². The van der Waals surface area contributed by atoms with Gasteiger partial charge in [-0.05, 0) is 0 Å². The van der Waals surface area contributed by atoms with E-state index in [-0.39, 0.29) is 9.41 Å². The predicted molar refractivity (Wildman–Crippen MR) is 16.4 cm³/mol. The van der Waals surface area contributed by atoms with E-state index in [2.05, 4.69) is 0 Å². The third kappa shape index (κ3) is 70.2. The van der Waals surface area contributed by atoms with Gasteiger partial charge in [0.15, 0.2) is 0 Å². The Morgan fingerprint density at radius 1 is 0.750 bits per heavy atom. The highest BCUT2D eigenvalue weighted by Gasteiger charge is 0.932. The second kappa shape index (κ2) is 505. The van der Waals surface area contributed by atoms with Crippen molar-refractivity contribution in [2.45, 2.75) is 13.8 Å². The van der Waals surface area contributed by atoms with Gasteiger partial charge in [0.25, 0.3) is 0 Å². The van der Waals surface area contributed by atoms with Gasteiger partial charge in [0.2, 0.25) is 0 Å². The lowest BCUT2D eigenvalue weighted by molar-refractivity contribution is 1.11. The maximum absolute atomic E-state index is 2.00. The lowest BCUT2D eigenvalue weighted by Gasteiger charge is -1.07. The van der Waals surface area contributed by atoms with Crippen LogP contribution in [-0.2, 0) is 0 Å². The van der Waals surface area contributed by atoms with Crippen LogP contribution in [0.4, 0.5) is 9.41 Å². The highest BCUT2D eigenvalue weighted by atomic mass is 19.0. The molecule has 0 saturated heterocycles. The van der Waals surface area contributed by atoms with Gasteiger partial charge in [-0.1, -0.05) is 13.8 Å². The number of hydrogen-bond acceptors (Lipinski definition) is 0. The summed E-state index contributed by atoms with van der Waals surface area (Å²) in [4.78, 5) is 0. The number of rotatable bonds is 0. The van der Waals surface area contributed by atoms with Crippen molar-refractivity contribution < 1.29 is 9.41 Å². The van der Waals surface area contributed by atoms with Gasteiger partial charge in [0, 0.05) is 0 Å². The maximum atomic E-state index is 2.00. The quantitative estimate of drug-likeness (QED) is 0.403. The van der Waals surface area contributed by atoms with Crippen LogP contribution in [0.25, 0.3) is 0 Å². The van der Waals surface area contributed by atoms with Gasteiger partial charge in [0.05, 0.1) is 0 Å². The van der Waals surface area contributed by atoms with E-state index in [1.165, 1.54) is 0 Å². The summed E-state index contributed by atoms with van der Waals surface area (Å²) in [5.74, 6) is 0. The molecule has 4 heavy (non-hydrogen) atoms. The molecular weight excluding hydrogens is 62.0 g/mol. The van der Waals surface area contributed by atoms with Gasteiger partial charge in [-0.3, -0.25) is 9.41 Å². The topological polar surface area (TPSA) is 0 Å². The fourth-order valence-electron chi connectivity index (χ4n) is 0. The molecule has 0 atom stereocenters. The van der Waals surface area contributed by atoms with E-state index in [0.29, 0.717) is 0 Å². The molecule has 0 aromatic heterocycles. The average Bonchev–Trinajstić information content (AvgIpc) is 1.00. The molecule has 0 radical (unpaired) electrons. The molecule has 0 heterocycles. The summed E-state index contributed by atoms with van der Waals surface area (Å²) >= 11 is 0. The van der Waals surface area contributed by atoms with E-state index >= 15 is 0 Å². The molecule has 0 aliphatic carbocycles. The lowest BCUT2D eigenvalue weighted by atomic mass is 11.0. The molecule has 0 rings (SSSR count). The summed E-state index contributed by atoms with van der Waals surface area (Å²) in [6.07, 6.45) is 0. The number of halogens is 2. The van der Waals surface area contributed by atoms with Gasteiger partial charge in [-0.25, -0.2) is 0 Å². The molecule has 0 aliphatic heterocycles. The van der Waals surface area contributed by atoms with Gasteiger partial charge in [-0.2, -0.15) is 0 Å². The zero-order chi connectivity index (χ0) is 2.00. The molecule has 0 amide bonds. The van der Waals surface area contributed by atoms with Crippen molar-refractivity contribution in [1.29, 1.82) is 0 Å². The highest BCUT2D eigenvalue weighted by Crippen LogP contribution is 1.14. The van der Waals surface area contributed by atoms with Crippen molar-refractivity contribution in [3.63, 3.8) is 0 Å². The Kier molecular flexibility index (Phi) is 5390. The first-order valence-corrected chi connectivity index (χ1v) is 1.00. The van der Waals surface area contributed by atoms with Gasteiger partial charge >= 0.3 is 0 Å². The zero-order valence-corrected chi connectivity index (χ0v) is 2.82. The molecule has 0 bridgehead atoms. The molecule has 0 aliphatic rings. The standard InChI is InChI=1S/C2H6.2FH/c1-2;;/h1-2H3;2*1H. The summed E-state index contributed by atoms with van der Waals surface area (Å²) in [6, 6.07) is 0. The monoisotopic (exact) mass is 70.1 g/mol. The highest BCUT2D eigenvalue weighted by molar-refractivity contribution is 3.50. The summed E-state index contributed by atoms with van der Waals surface area (Å²) in [5.41, 5.74) is 0. The van der Waals surface area contributed by atoms with E-state index in [1.54, 1.807) is 0 Å². The van der Waals surface area contributed by atoms with Crippen LogP contribution < -0.4 is 0 Å². The Labute approximate surface area is 24.6 Å². The first-order chi connectivity index (χ1) is 1.00. The zero-order valence-electron chi connectivity index (χ0n) is 2.82. The lowest BCUT2D eigenvalue weighted by Crippen LogP contribution is -0.856. The SMILES string of the molecule is CC.F.F. The second-order valence-electron chi connectivity index (χ2n) is 0. The van der Waals surface area contributed by atoms with Crippen LogP contribution in [-0.4, -0.2) is 0 Å². The van der Waals surface area contributed by atoms with Crippen LogP contribution in [0.15, 0.2) is 0 Å². The summed E-state index contributed by atoms with van der Waals surface area (Å²) < 4.78 is 0. The Balaban J connectivity index is -0.00000000500. The van der Waals surface area contributed by atoms with E-state index < -0.39 is 0 Å². The van der Waals surface area contributed by atoms with Crippen LogP contribution >= 0.6 is 0 Å². The third-order valence-electron chi connectivity index (χ3n) is 0. The van der Waals surface area contributed by atoms with Crippen molar-refractivity contribution >= 4 is 0 Å². The smallest absolute Gasteiger partial charge is 0.0683 e. The van der Waals surface area contributed by atoms with E-state index in [0.717, 1.165) is 0 Å². The number of hydrogen-bond donors (Lipinski definition) is 0. The molecule has 0 N–H and O–H groups in total. The fraction of sp³-hybridized carbons (Fsp3) is 1.00. The Bertz CT molecular complexity index is 4.00. The van der Waals surface area contributed by atoms with Crippen molar-refractivity contribution in [3.05, 3.63) is 0 Å². The van der Waals surface area contributed by atoms with E-state index in [9.17, 15) is 0 Å². The van der Waals surface area contributed by atoms with Crippen molar-refractivity contribution in [3.8, 4) is 0 Å².